The summed E-state index contributed by atoms with van der Waals surface area (Å²) in [6.07, 6.45) is 1.79. The molecule has 3 rings (SSSR count). The quantitative estimate of drug-likeness (QED) is 0.705. The molecule has 0 bridgehead atoms. The third-order valence-corrected chi connectivity index (χ3v) is 3.56. The molecule has 26 heavy (non-hydrogen) atoms. The van der Waals surface area contributed by atoms with Gasteiger partial charge in [0.05, 0.1) is 12.7 Å². The molecular weight excluding hydrogens is 342 g/mol. The van der Waals surface area contributed by atoms with E-state index in [0.29, 0.717) is 13.1 Å². The molecule has 0 aliphatic carbocycles. The lowest BCUT2D eigenvalue weighted by atomic mass is 10.2. The van der Waals surface area contributed by atoms with Gasteiger partial charge in [0.25, 0.3) is 5.91 Å². The van der Waals surface area contributed by atoms with Crippen molar-refractivity contribution in [3.63, 3.8) is 0 Å². The van der Waals surface area contributed by atoms with Crippen molar-refractivity contribution in [1.82, 2.24) is 20.3 Å². The van der Waals surface area contributed by atoms with E-state index in [1.54, 1.807) is 10.9 Å². The summed E-state index contributed by atoms with van der Waals surface area (Å²) in [6, 6.07) is 15.3. The summed E-state index contributed by atoms with van der Waals surface area (Å²) < 4.78 is 30.4. The summed E-state index contributed by atoms with van der Waals surface area (Å²) in [6.45, 7) is -2.19. The highest BCUT2D eigenvalue weighted by Gasteiger charge is 2.09. The van der Waals surface area contributed by atoms with E-state index in [2.05, 4.69) is 20.4 Å². The monoisotopic (exact) mass is 358 g/mol. The first-order valence-corrected chi connectivity index (χ1v) is 7.90. The zero-order chi connectivity index (χ0) is 18.4. The minimum atomic E-state index is -2.93. The highest BCUT2D eigenvalue weighted by Crippen LogP contribution is 2.16. The van der Waals surface area contributed by atoms with Crippen LogP contribution in [0, 0.1) is 0 Å². The molecule has 0 aliphatic heterocycles. The van der Waals surface area contributed by atoms with E-state index in [-0.39, 0.29) is 17.2 Å². The van der Waals surface area contributed by atoms with E-state index < -0.39 is 6.61 Å². The lowest BCUT2D eigenvalue weighted by molar-refractivity contribution is -0.0498. The van der Waals surface area contributed by atoms with Crippen LogP contribution in [-0.2, 0) is 6.54 Å². The lowest BCUT2D eigenvalue weighted by Crippen LogP contribution is -2.27. The first kappa shape index (κ1) is 17.5. The van der Waals surface area contributed by atoms with Crippen molar-refractivity contribution in [2.24, 2.45) is 0 Å². The molecule has 1 N–H and O–H groups in total. The minimum Gasteiger partial charge on any atom is -0.435 e. The summed E-state index contributed by atoms with van der Waals surface area (Å²) in [5, 5.41) is 10.8. The van der Waals surface area contributed by atoms with Crippen molar-refractivity contribution in [3.8, 4) is 17.0 Å². The Bertz CT molecular complexity index is 868. The van der Waals surface area contributed by atoms with Crippen molar-refractivity contribution in [2.75, 3.05) is 6.54 Å². The maximum atomic E-state index is 12.2. The third-order valence-electron chi connectivity index (χ3n) is 3.56. The summed E-state index contributed by atoms with van der Waals surface area (Å²) in [7, 11) is 0. The van der Waals surface area contributed by atoms with Gasteiger partial charge in [-0.25, -0.2) is 0 Å². The predicted octanol–water partition coefficient (Wildman–Crippen LogP) is 2.98. The van der Waals surface area contributed by atoms with Crippen LogP contribution in [0.2, 0.25) is 0 Å². The molecule has 8 heteroatoms. The summed E-state index contributed by atoms with van der Waals surface area (Å²) >= 11 is 0. The number of nitrogens with zero attached hydrogens (tertiary/aromatic N) is 3. The van der Waals surface area contributed by atoms with E-state index in [1.165, 1.54) is 24.3 Å². The van der Waals surface area contributed by atoms with Gasteiger partial charge in [0.15, 0.2) is 0 Å². The molecule has 0 unspecified atom stereocenters. The van der Waals surface area contributed by atoms with Gasteiger partial charge in [0, 0.05) is 17.7 Å². The molecule has 0 radical (unpaired) electrons. The predicted molar refractivity (Wildman–Crippen MR) is 90.9 cm³/mol. The van der Waals surface area contributed by atoms with Crippen molar-refractivity contribution in [1.29, 1.82) is 0 Å². The largest absolute Gasteiger partial charge is 0.435 e. The standard InChI is InChI=1S/C18H16F2N4O2/c19-18(20)26-15-8-4-7-14(11-15)17(25)21-9-10-24-12-16(22-23-24)13-5-2-1-3-6-13/h1-8,11-12,18H,9-10H2,(H,21,25). The highest BCUT2D eigenvalue weighted by molar-refractivity contribution is 5.94. The number of benzene rings is 2. The Morgan fingerprint density at radius 1 is 1.15 bits per heavy atom. The van der Waals surface area contributed by atoms with Gasteiger partial charge < -0.3 is 10.1 Å². The number of hydrogen-bond donors (Lipinski definition) is 1. The zero-order valence-electron chi connectivity index (χ0n) is 13.7. The third kappa shape index (κ3) is 4.62. The average Bonchev–Trinajstić information content (AvgIpc) is 3.11. The molecule has 6 nitrogen and oxygen atoms in total. The van der Waals surface area contributed by atoms with Crippen LogP contribution in [0.4, 0.5) is 8.78 Å². The van der Waals surface area contributed by atoms with Crippen LogP contribution in [0.1, 0.15) is 10.4 Å². The number of aromatic nitrogens is 3. The Hall–Kier alpha value is -3.29. The first-order valence-electron chi connectivity index (χ1n) is 7.90. The normalized spacial score (nSPS) is 10.7. The van der Waals surface area contributed by atoms with E-state index in [1.807, 2.05) is 30.3 Å². The number of nitrogens with one attached hydrogen (secondary N) is 1. The Morgan fingerprint density at radius 2 is 1.96 bits per heavy atom. The number of alkyl halides is 2. The fourth-order valence-corrected chi connectivity index (χ4v) is 2.35. The highest BCUT2D eigenvalue weighted by atomic mass is 19.3. The van der Waals surface area contributed by atoms with E-state index in [4.69, 9.17) is 0 Å². The smallest absolute Gasteiger partial charge is 0.387 e. The van der Waals surface area contributed by atoms with Gasteiger partial charge in [0.2, 0.25) is 0 Å². The molecule has 0 spiro atoms. The maximum absolute atomic E-state index is 12.2. The maximum Gasteiger partial charge on any atom is 0.387 e. The van der Waals surface area contributed by atoms with Crippen LogP contribution in [0.15, 0.2) is 60.8 Å². The summed E-state index contributed by atoms with van der Waals surface area (Å²) in [4.78, 5) is 12.1. The number of amides is 1. The fraction of sp³-hybridized carbons (Fsp3) is 0.167. The number of ether oxygens (including phenoxy) is 1. The van der Waals surface area contributed by atoms with Gasteiger partial charge in [-0.2, -0.15) is 8.78 Å². The average molecular weight is 358 g/mol. The summed E-state index contributed by atoms with van der Waals surface area (Å²) in [5.41, 5.74) is 1.94. The van der Waals surface area contributed by atoms with Crippen molar-refractivity contribution >= 4 is 5.91 Å². The van der Waals surface area contributed by atoms with Crippen molar-refractivity contribution in [2.45, 2.75) is 13.2 Å². The van der Waals surface area contributed by atoms with E-state index >= 15 is 0 Å². The molecule has 0 saturated carbocycles. The van der Waals surface area contributed by atoms with Crippen molar-refractivity contribution < 1.29 is 18.3 Å². The zero-order valence-corrected chi connectivity index (χ0v) is 13.7. The first-order chi connectivity index (χ1) is 12.6. The van der Waals surface area contributed by atoms with Crippen LogP contribution < -0.4 is 10.1 Å². The van der Waals surface area contributed by atoms with Crippen LogP contribution in [-0.4, -0.2) is 34.1 Å². The molecule has 2 aromatic carbocycles. The Labute approximate surface area is 148 Å². The molecule has 0 atom stereocenters. The van der Waals surface area contributed by atoms with Crippen molar-refractivity contribution in [3.05, 3.63) is 66.4 Å². The van der Waals surface area contributed by atoms with Gasteiger partial charge in [0.1, 0.15) is 11.4 Å². The molecule has 0 fully saturated rings. The topological polar surface area (TPSA) is 69.0 Å². The summed E-state index contributed by atoms with van der Waals surface area (Å²) in [5.74, 6) is -0.440. The SMILES string of the molecule is O=C(NCCn1cc(-c2ccccc2)nn1)c1cccc(OC(F)F)c1. The Balaban J connectivity index is 1.53. The molecule has 3 aromatic rings. The number of carbonyl (C=O) groups is 1. The Morgan fingerprint density at radius 3 is 2.73 bits per heavy atom. The molecule has 1 heterocycles. The van der Waals surface area contributed by atoms with Gasteiger partial charge in [-0.3, -0.25) is 9.48 Å². The number of hydrogen-bond acceptors (Lipinski definition) is 4. The van der Waals surface area contributed by atoms with Gasteiger partial charge in [-0.05, 0) is 18.2 Å². The van der Waals surface area contributed by atoms with Crippen LogP contribution >= 0.6 is 0 Å². The van der Waals surface area contributed by atoms with Gasteiger partial charge in [-0.15, -0.1) is 5.10 Å². The lowest BCUT2D eigenvalue weighted by Gasteiger charge is -2.08. The second-order valence-electron chi connectivity index (χ2n) is 5.40. The molecule has 1 aromatic heterocycles. The number of rotatable bonds is 7. The number of carbonyl (C=O) groups excluding carboxylic acids is 1. The molecular formula is C18H16F2N4O2. The second kappa shape index (κ2) is 8.19. The fourth-order valence-electron chi connectivity index (χ4n) is 2.35. The molecule has 0 aliphatic rings. The van der Waals surface area contributed by atoms with E-state index in [0.717, 1.165) is 11.3 Å². The van der Waals surface area contributed by atoms with Crippen LogP contribution in [0.5, 0.6) is 5.75 Å². The van der Waals surface area contributed by atoms with Crippen LogP contribution in [0.25, 0.3) is 11.3 Å². The minimum absolute atomic E-state index is 0.0589. The molecule has 134 valence electrons. The molecule has 0 saturated heterocycles. The van der Waals surface area contributed by atoms with Crippen LogP contribution in [0.3, 0.4) is 0 Å². The van der Waals surface area contributed by atoms with Gasteiger partial charge >= 0.3 is 6.61 Å². The van der Waals surface area contributed by atoms with Gasteiger partial charge in [-0.1, -0.05) is 41.6 Å². The Kier molecular flexibility index (Phi) is 5.52. The number of halogens is 2. The van der Waals surface area contributed by atoms with E-state index in [9.17, 15) is 13.6 Å². The second-order valence-corrected chi connectivity index (χ2v) is 5.40. The molecule has 1 amide bonds.